The number of benzene rings is 2. The quantitative estimate of drug-likeness (QED) is 0.309. The minimum atomic E-state index is -0.782. The molecular formula is C25H30N4O4. The van der Waals surface area contributed by atoms with Gasteiger partial charge in [0.2, 0.25) is 0 Å². The number of hydrogen-bond acceptors (Lipinski definition) is 5. The lowest BCUT2D eigenvalue weighted by atomic mass is 9.95. The van der Waals surface area contributed by atoms with E-state index in [1.54, 1.807) is 24.3 Å². The second-order valence-corrected chi connectivity index (χ2v) is 7.95. The Morgan fingerprint density at radius 3 is 2.39 bits per heavy atom. The molecule has 0 radical (unpaired) electrons. The first kappa shape index (κ1) is 24.0. The minimum Gasteiger partial charge on any atom is -0.484 e. The highest BCUT2D eigenvalue weighted by Gasteiger charge is 2.19. The first-order valence-electron chi connectivity index (χ1n) is 11.3. The van der Waals surface area contributed by atoms with Crippen molar-refractivity contribution in [1.29, 1.82) is 0 Å². The summed E-state index contributed by atoms with van der Waals surface area (Å²) in [6.45, 7) is 0.473. The van der Waals surface area contributed by atoms with E-state index in [2.05, 4.69) is 21.2 Å². The van der Waals surface area contributed by atoms with Gasteiger partial charge in [-0.05, 0) is 54.7 Å². The van der Waals surface area contributed by atoms with Crippen LogP contribution in [0.5, 0.6) is 5.75 Å². The molecule has 2 aromatic rings. The van der Waals surface area contributed by atoms with Crippen LogP contribution >= 0.6 is 0 Å². The second kappa shape index (κ2) is 13.0. The maximum Gasteiger partial charge on any atom is 0.329 e. The summed E-state index contributed by atoms with van der Waals surface area (Å²) in [5.74, 6) is -1.09. The van der Waals surface area contributed by atoms with Gasteiger partial charge in [0.05, 0.1) is 6.21 Å². The van der Waals surface area contributed by atoms with Crippen LogP contribution in [-0.4, -0.2) is 43.1 Å². The Balaban J connectivity index is 1.33. The van der Waals surface area contributed by atoms with Crippen LogP contribution in [0.1, 0.15) is 43.2 Å². The van der Waals surface area contributed by atoms with Crippen molar-refractivity contribution < 1.29 is 19.1 Å². The van der Waals surface area contributed by atoms with Gasteiger partial charge in [0.1, 0.15) is 5.75 Å². The van der Waals surface area contributed by atoms with Crippen LogP contribution in [0.25, 0.3) is 0 Å². The van der Waals surface area contributed by atoms with Gasteiger partial charge < -0.3 is 15.4 Å². The van der Waals surface area contributed by atoms with Crippen molar-refractivity contribution in [3.63, 3.8) is 0 Å². The number of nitrogens with one attached hydrogen (secondary N) is 3. The highest BCUT2D eigenvalue weighted by molar-refractivity contribution is 6.35. The van der Waals surface area contributed by atoms with E-state index in [4.69, 9.17) is 4.74 Å². The van der Waals surface area contributed by atoms with E-state index >= 15 is 0 Å². The molecule has 1 saturated carbocycles. The highest BCUT2D eigenvalue weighted by atomic mass is 16.5. The topological polar surface area (TPSA) is 109 Å². The van der Waals surface area contributed by atoms with E-state index in [1.165, 1.54) is 12.6 Å². The molecule has 8 heteroatoms. The van der Waals surface area contributed by atoms with Crippen molar-refractivity contribution >= 4 is 23.9 Å². The summed E-state index contributed by atoms with van der Waals surface area (Å²) < 4.78 is 5.49. The summed E-state index contributed by atoms with van der Waals surface area (Å²) in [7, 11) is 0. The molecule has 0 unspecified atom stereocenters. The van der Waals surface area contributed by atoms with E-state index < -0.39 is 11.8 Å². The van der Waals surface area contributed by atoms with Crippen molar-refractivity contribution in [2.75, 3.05) is 13.2 Å². The zero-order valence-corrected chi connectivity index (χ0v) is 18.6. The van der Waals surface area contributed by atoms with Gasteiger partial charge in [-0.2, -0.15) is 5.10 Å². The normalized spacial score (nSPS) is 13.9. The van der Waals surface area contributed by atoms with Crippen molar-refractivity contribution in [2.45, 2.75) is 44.6 Å². The second-order valence-electron chi connectivity index (χ2n) is 7.95. The average Bonchev–Trinajstić information content (AvgIpc) is 2.85. The van der Waals surface area contributed by atoms with Crippen LogP contribution in [0, 0.1) is 0 Å². The number of nitrogens with zero attached hydrogens (tertiary/aromatic N) is 1. The van der Waals surface area contributed by atoms with Gasteiger partial charge in [-0.25, -0.2) is 5.43 Å². The molecule has 1 aliphatic carbocycles. The molecule has 0 aromatic heterocycles. The SMILES string of the molecule is O=C(COc1ccc(/C=N\NC(=O)C(=O)NC2CCCCC2)cc1)NCCc1ccccc1. The molecule has 2 aromatic carbocycles. The predicted octanol–water partition coefficient (Wildman–Crippen LogP) is 2.32. The first-order chi connectivity index (χ1) is 16.1. The molecule has 0 atom stereocenters. The smallest absolute Gasteiger partial charge is 0.329 e. The van der Waals surface area contributed by atoms with E-state index in [0.29, 0.717) is 17.9 Å². The van der Waals surface area contributed by atoms with Crippen molar-refractivity contribution in [2.24, 2.45) is 5.10 Å². The molecule has 1 fully saturated rings. The third kappa shape index (κ3) is 8.76. The summed E-state index contributed by atoms with van der Waals surface area (Å²) in [6, 6.07) is 16.9. The maximum atomic E-state index is 11.9. The van der Waals surface area contributed by atoms with Gasteiger partial charge in [0.25, 0.3) is 5.91 Å². The third-order valence-electron chi connectivity index (χ3n) is 5.36. The van der Waals surface area contributed by atoms with Crippen LogP contribution in [0.15, 0.2) is 59.7 Å². The molecule has 0 heterocycles. The fourth-order valence-electron chi connectivity index (χ4n) is 3.56. The molecule has 33 heavy (non-hydrogen) atoms. The molecule has 3 rings (SSSR count). The molecule has 8 nitrogen and oxygen atoms in total. The number of rotatable bonds is 9. The largest absolute Gasteiger partial charge is 0.484 e. The summed E-state index contributed by atoms with van der Waals surface area (Å²) >= 11 is 0. The molecule has 0 saturated heterocycles. The molecule has 1 aliphatic rings. The lowest BCUT2D eigenvalue weighted by Gasteiger charge is -2.22. The van der Waals surface area contributed by atoms with Gasteiger partial charge in [-0.3, -0.25) is 14.4 Å². The van der Waals surface area contributed by atoms with Crippen molar-refractivity contribution in [1.82, 2.24) is 16.1 Å². The number of amides is 3. The fraction of sp³-hybridized carbons (Fsp3) is 0.360. The van der Waals surface area contributed by atoms with Gasteiger partial charge in [-0.1, -0.05) is 49.6 Å². The van der Waals surface area contributed by atoms with Crippen LogP contribution in [0.3, 0.4) is 0 Å². The Labute approximate surface area is 193 Å². The third-order valence-corrected chi connectivity index (χ3v) is 5.36. The zero-order chi connectivity index (χ0) is 23.3. The molecule has 0 bridgehead atoms. The van der Waals surface area contributed by atoms with Gasteiger partial charge >= 0.3 is 11.8 Å². The summed E-state index contributed by atoms with van der Waals surface area (Å²) in [6.07, 6.45) is 7.34. The average molecular weight is 451 g/mol. The zero-order valence-electron chi connectivity index (χ0n) is 18.6. The molecule has 0 spiro atoms. The number of hydrazone groups is 1. The lowest BCUT2D eigenvalue weighted by molar-refractivity contribution is -0.139. The van der Waals surface area contributed by atoms with Crippen LogP contribution in [0.4, 0.5) is 0 Å². The van der Waals surface area contributed by atoms with Gasteiger partial charge in [-0.15, -0.1) is 0 Å². The monoisotopic (exact) mass is 450 g/mol. The van der Waals surface area contributed by atoms with E-state index in [9.17, 15) is 14.4 Å². The lowest BCUT2D eigenvalue weighted by Crippen LogP contribution is -2.44. The Hall–Kier alpha value is -3.68. The Bertz CT molecular complexity index is 939. The van der Waals surface area contributed by atoms with Crippen molar-refractivity contribution in [3.05, 3.63) is 65.7 Å². The predicted molar refractivity (Wildman–Crippen MR) is 126 cm³/mol. The summed E-state index contributed by atoms with van der Waals surface area (Å²) in [5, 5.41) is 9.40. The van der Waals surface area contributed by atoms with E-state index in [-0.39, 0.29) is 18.6 Å². The molecule has 3 N–H and O–H groups in total. The minimum absolute atomic E-state index is 0.0690. The Morgan fingerprint density at radius 2 is 1.67 bits per heavy atom. The molecule has 3 amide bonds. The Morgan fingerprint density at radius 1 is 0.939 bits per heavy atom. The summed E-state index contributed by atoms with van der Waals surface area (Å²) in [5.41, 5.74) is 4.12. The molecular weight excluding hydrogens is 420 g/mol. The van der Waals surface area contributed by atoms with Crippen LogP contribution in [0.2, 0.25) is 0 Å². The Kier molecular flexibility index (Phi) is 9.45. The van der Waals surface area contributed by atoms with E-state index in [1.807, 2.05) is 30.3 Å². The number of hydrogen-bond donors (Lipinski definition) is 3. The van der Waals surface area contributed by atoms with Gasteiger partial charge in [0, 0.05) is 12.6 Å². The van der Waals surface area contributed by atoms with Crippen molar-refractivity contribution in [3.8, 4) is 5.75 Å². The van der Waals surface area contributed by atoms with Crippen LogP contribution in [-0.2, 0) is 20.8 Å². The van der Waals surface area contributed by atoms with Crippen LogP contribution < -0.4 is 20.8 Å². The maximum absolute atomic E-state index is 11.9. The number of ether oxygens (including phenoxy) is 1. The highest BCUT2D eigenvalue weighted by Crippen LogP contribution is 2.17. The standard InChI is InChI=1S/C25H30N4O4/c30-23(26-16-15-19-7-3-1-4-8-19)18-33-22-13-11-20(12-14-22)17-27-29-25(32)24(31)28-21-9-5-2-6-10-21/h1,3-4,7-8,11-14,17,21H,2,5-6,9-10,15-16,18H2,(H,26,30)(H,28,31)(H,29,32)/b27-17-. The molecule has 174 valence electrons. The number of carbonyl (C=O) groups excluding carboxylic acids is 3. The number of carbonyl (C=O) groups is 3. The van der Waals surface area contributed by atoms with E-state index in [0.717, 1.165) is 37.7 Å². The fourth-order valence-corrected chi connectivity index (χ4v) is 3.56. The summed E-state index contributed by atoms with van der Waals surface area (Å²) in [4.78, 5) is 35.7. The first-order valence-corrected chi connectivity index (χ1v) is 11.3. The van der Waals surface area contributed by atoms with Gasteiger partial charge in [0.15, 0.2) is 6.61 Å². The molecule has 0 aliphatic heterocycles.